The van der Waals surface area contributed by atoms with Gasteiger partial charge in [-0.25, -0.2) is 4.79 Å². The number of benzene rings is 1. The number of hydrogen-bond acceptors (Lipinski definition) is 5. The van der Waals surface area contributed by atoms with Gasteiger partial charge in [0.2, 0.25) is 0 Å². The summed E-state index contributed by atoms with van der Waals surface area (Å²) in [5, 5.41) is 12.0. The van der Waals surface area contributed by atoms with Crippen LogP contribution in [0.5, 0.6) is 5.75 Å². The van der Waals surface area contributed by atoms with Crippen LogP contribution in [0.2, 0.25) is 10.0 Å². The lowest BCUT2D eigenvalue weighted by Crippen LogP contribution is -2.50. The van der Waals surface area contributed by atoms with Crippen molar-refractivity contribution in [3.8, 4) is 11.8 Å². The van der Waals surface area contributed by atoms with Gasteiger partial charge in [-0.15, -0.1) is 0 Å². The third kappa shape index (κ3) is 5.52. The molecule has 0 heterocycles. The van der Waals surface area contributed by atoms with Crippen LogP contribution in [0.25, 0.3) is 0 Å². The Hall–Kier alpha value is -1.97. The van der Waals surface area contributed by atoms with Crippen molar-refractivity contribution in [2.45, 2.75) is 33.2 Å². The smallest absolute Gasteiger partial charge is 0.338 e. The van der Waals surface area contributed by atoms with E-state index in [0.717, 1.165) is 0 Å². The van der Waals surface area contributed by atoms with E-state index >= 15 is 0 Å². The fraction of sp³-hybridized carbons (Fsp3) is 0.471. The van der Waals surface area contributed by atoms with Crippen LogP contribution in [-0.2, 0) is 9.53 Å². The number of carbonyl (C=O) groups is 2. The highest BCUT2D eigenvalue weighted by atomic mass is 35.5. The first-order chi connectivity index (χ1) is 11.6. The number of nitrogens with zero attached hydrogens (tertiary/aromatic N) is 1. The molecule has 0 fully saturated rings. The summed E-state index contributed by atoms with van der Waals surface area (Å²) < 4.78 is 10.2. The topological polar surface area (TPSA) is 88.4 Å². The molecule has 0 unspecified atom stereocenters. The molecule has 0 saturated carbocycles. The van der Waals surface area contributed by atoms with Gasteiger partial charge in [0.1, 0.15) is 5.54 Å². The number of rotatable bonds is 7. The fourth-order valence-corrected chi connectivity index (χ4v) is 2.39. The molecule has 0 bridgehead atoms. The van der Waals surface area contributed by atoms with Gasteiger partial charge in [-0.1, -0.05) is 37.0 Å². The highest BCUT2D eigenvalue weighted by molar-refractivity contribution is 6.37. The van der Waals surface area contributed by atoms with Crippen molar-refractivity contribution in [2.24, 2.45) is 5.92 Å². The maximum absolute atomic E-state index is 12.0. The highest BCUT2D eigenvalue weighted by Crippen LogP contribution is 2.34. The van der Waals surface area contributed by atoms with Gasteiger partial charge in [-0.3, -0.25) is 4.79 Å². The molecule has 0 aromatic heterocycles. The van der Waals surface area contributed by atoms with Crippen LogP contribution in [-0.4, -0.2) is 30.6 Å². The van der Waals surface area contributed by atoms with Crippen LogP contribution in [0.3, 0.4) is 0 Å². The lowest BCUT2D eigenvalue weighted by atomic mass is 9.90. The SMILES string of the molecule is CCOC(=O)c1cc(Cl)c(OCC(=O)N[C@@](C)(C#N)C(C)C)c(Cl)c1. The van der Waals surface area contributed by atoms with Gasteiger partial charge in [0.15, 0.2) is 12.4 Å². The second-order valence-electron chi connectivity index (χ2n) is 5.80. The zero-order valence-electron chi connectivity index (χ0n) is 14.5. The number of hydrogen-bond donors (Lipinski definition) is 1. The van der Waals surface area contributed by atoms with Gasteiger partial charge in [-0.2, -0.15) is 5.26 Å². The van der Waals surface area contributed by atoms with E-state index < -0.39 is 17.4 Å². The molecule has 0 radical (unpaired) electrons. The maximum Gasteiger partial charge on any atom is 0.338 e. The molecule has 0 aliphatic carbocycles. The Labute approximate surface area is 157 Å². The van der Waals surface area contributed by atoms with Crippen molar-refractivity contribution in [2.75, 3.05) is 13.2 Å². The number of esters is 1. The van der Waals surface area contributed by atoms with Crippen LogP contribution in [0, 0.1) is 17.2 Å². The van der Waals surface area contributed by atoms with E-state index in [1.807, 2.05) is 13.8 Å². The van der Waals surface area contributed by atoms with E-state index in [4.69, 9.17) is 32.7 Å². The average Bonchev–Trinajstić information content (AvgIpc) is 2.53. The highest BCUT2D eigenvalue weighted by Gasteiger charge is 2.30. The van der Waals surface area contributed by atoms with E-state index in [9.17, 15) is 14.9 Å². The average molecular weight is 387 g/mol. The fourth-order valence-electron chi connectivity index (χ4n) is 1.79. The summed E-state index contributed by atoms with van der Waals surface area (Å²) in [7, 11) is 0. The summed E-state index contributed by atoms with van der Waals surface area (Å²) in [4.78, 5) is 23.7. The quantitative estimate of drug-likeness (QED) is 0.723. The van der Waals surface area contributed by atoms with Crippen molar-refractivity contribution < 1.29 is 19.1 Å². The molecular weight excluding hydrogens is 367 g/mol. The number of amides is 1. The lowest BCUT2D eigenvalue weighted by Gasteiger charge is -2.27. The molecule has 0 saturated heterocycles. The third-order valence-corrected chi connectivity index (χ3v) is 4.20. The second kappa shape index (κ2) is 8.93. The summed E-state index contributed by atoms with van der Waals surface area (Å²) in [5.41, 5.74) is -0.826. The Morgan fingerprint density at radius 1 is 1.32 bits per heavy atom. The molecule has 1 aromatic rings. The van der Waals surface area contributed by atoms with Gasteiger partial charge < -0.3 is 14.8 Å². The summed E-state index contributed by atoms with van der Waals surface area (Å²) in [6, 6.07) is 4.78. The monoisotopic (exact) mass is 386 g/mol. The normalized spacial score (nSPS) is 12.9. The standard InChI is InChI=1S/C17H20Cl2N2O4/c1-5-24-16(23)11-6-12(18)15(13(19)7-11)25-8-14(22)21-17(4,9-20)10(2)3/h6-7,10H,5,8H2,1-4H3,(H,21,22)/t17-/m0/s1. The second-order valence-corrected chi connectivity index (χ2v) is 6.61. The number of halogens is 2. The molecule has 1 aromatic carbocycles. The number of nitrogens with one attached hydrogen (secondary N) is 1. The van der Waals surface area contributed by atoms with Crippen molar-refractivity contribution in [1.82, 2.24) is 5.32 Å². The Kier molecular flexibility index (Phi) is 7.53. The van der Waals surface area contributed by atoms with Crippen molar-refractivity contribution in [1.29, 1.82) is 5.26 Å². The Bertz CT molecular complexity index is 677. The van der Waals surface area contributed by atoms with Crippen LogP contribution in [0.15, 0.2) is 12.1 Å². The van der Waals surface area contributed by atoms with Crippen LogP contribution < -0.4 is 10.1 Å². The first-order valence-electron chi connectivity index (χ1n) is 7.65. The molecule has 1 N–H and O–H groups in total. The number of nitriles is 1. The van der Waals surface area contributed by atoms with Gasteiger partial charge >= 0.3 is 5.97 Å². The van der Waals surface area contributed by atoms with Crippen LogP contribution >= 0.6 is 23.2 Å². The summed E-state index contributed by atoms with van der Waals surface area (Å²) in [5.74, 6) is -1.05. The molecule has 6 nitrogen and oxygen atoms in total. The van der Waals surface area contributed by atoms with Gasteiger partial charge in [-0.05, 0) is 31.9 Å². The number of ether oxygens (including phenoxy) is 2. The molecule has 1 atom stereocenters. The third-order valence-electron chi connectivity index (χ3n) is 3.64. The molecule has 8 heteroatoms. The molecule has 136 valence electrons. The molecular formula is C17H20Cl2N2O4. The molecule has 0 aliphatic heterocycles. The molecule has 25 heavy (non-hydrogen) atoms. The zero-order valence-corrected chi connectivity index (χ0v) is 16.0. The van der Waals surface area contributed by atoms with Crippen LogP contribution in [0.1, 0.15) is 38.1 Å². The molecule has 1 rings (SSSR count). The predicted octanol–water partition coefficient (Wildman–Crippen LogP) is 3.60. The number of carbonyl (C=O) groups excluding carboxylic acids is 2. The van der Waals surface area contributed by atoms with E-state index in [1.54, 1.807) is 13.8 Å². The summed E-state index contributed by atoms with van der Waals surface area (Å²) in [6.45, 7) is 6.81. The van der Waals surface area contributed by atoms with E-state index in [-0.39, 0.29) is 40.5 Å². The van der Waals surface area contributed by atoms with Gasteiger partial charge in [0, 0.05) is 0 Å². The van der Waals surface area contributed by atoms with E-state index in [0.29, 0.717) is 0 Å². The summed E-state index contributed by atoms with van der Waals surface area (Å²) in [6.07, 6.45) is 0. The Morgan fingerprint density at radius 3 is 2.32 bits per heavy atom. The first-order valence-corrected chi connectivity index (χ1v) is 8.41. The summed E-state index contributed by atoms with van der Waals surface area (Å²) >= 11 is 12.1. The lowest BCUT2D eigenvalue weighted by molar-refractivity contribution is -0.124. The van der Waals surface area contributed by atoms with Crippen molar-refractivity contribution in [3.05, 3.63) is 27.7 Å². The Balaban J connectivity index is 2.83. The zero-order chi connectivity index (χ0) is 19.2. The first kappa shape index (κ1) is 21.1. The minimum Gasteiger partial charge on any atom is -0.481 e. The van der Waals surface area contributed by atoms with Crippen LogP contribution in [0.4, 0.5) is 0 Å². The van der Waals surface area contributed by atoms with Gasteiger partial charge in [0.05, 0.1) is 28.3 Å². The van der Waals surface area contributed by atoms with E-state index in [1.165, 1.54) is 12.1 Å². The van der Waals surface area contributed by atoms with Crippen molar-refractivity contribution in [3.63, 3.8) is 0 Å². The van der Waals surface area contributed by atoms with Gasteiger partial charge in [0.25, 0.3) is 5.91 Å². The molecule has 1 amide bonds. The predicted molar refractivity (Wildman–Crippen MR) is 94.9 cm³/mol. The molecule has 0 aliphatic rings. The Morgan fingerprint density at radius 2 is 1.88 bits per heavy atom. The minimum atomic E-state index is -1.01. The largest absolute Gasteiger partial charge is 0.481 e. The maximum atomic E-state index is 12.0. The minimum absolute atomic E-state index is 0.0785. The molecule has 0 spiro atoms. The van der Waals surface area contributed by atoms with Crippen molar-refractivity contribution >= 4 is 35.1 Å². The van der Waals surface area contributed by atoms with E-state index in [2.05, 4.69) is 11.4 Å².